The summed E-state index contributed by atoms with van der Waals surface area (Å²) in [5.41, 5.74) is 3.32. The van der Waals surface area contributed by atoms with Gasteiger partial charge < -0.3 is 10.2 Å². The lowest BCUT2D eigenvalue weighted by atomic mass is 10.2. The molecule has 0 spiro atoms. The van der Waals surface area contributed by atoms with Gasteiger partial charge in [0.2, 0.25) is 0 Å². The van der Waals surface area contributed by atoms with E-state index in [1.807, 2.05) is 23.1 Å². The van der Waals surface area contributed by atoms with Crippen molar-refractivity contribution in [2.75, 3.05) is 18.0 Å². The number of benzene rings is 1. The first-order valence-corrected chi connectivity index (χ1v) is 8.63. The number of nitrogens with zero attached hydrogens (tertiary/aromatic N) is 2. The molecule has 1 aromatic carbocycles. The molecule has 2 aliphatic heterocycles. The van der Waals surface area contributed by atoms with E-state index in [9.17, 15) is 4.79 Å². The molecule has 6 heteroatoms. The number of fused-ring (bicyclic) bond motifs is 2. The van der Waals surface area contributed by atoms with Crippen LogP contribution in [0.1, 0.15) is 25.9 Å². The lowest BCUT2D eigenvalue weighted by Gasteiger charge is -2.15. The predicted molar refractivity (Wildman–Crippen MR) is 87.0 cm³/mol. The lowest BCUT2D eigenvalue weighted by molar-refractivity contribution is 0.0989. The molecular formula is C15H14BrN3OS. The minimum absolute atomic E-state index is 0.0336. The highest BCUT2D eigenvalue weighted by Crippen LogP contribution is 2.35. The molecule has 0 aliphatic carbocycles. The second kappa shape index (κ2) is 5.19. The van der Waals surface area contributed by atoms with Crippen LogP contribution < -0.4 is 10.2 Å². The van der Waals surface area contributed by atoms with Gasteiger partial charge in [0.1, 0.15) is 0 Å². The number of carbonyl (C=O) groups excluding carboxylic acids is 1. The first-order chi connectivity index (χ1) is 10.2. The Hall–Kier alpha value is -1.24. The summed E-state index contributed by atoms with van der Waals surface area (Å²) >= 11 is 5.10. The number of thiazole rings is 1. The number of hydrogen-bond acceptors (Lipinski definition) is 4. The van der Waals surface area contributed by atoms with Crippen LogP contribution in [0.5, 0.6) is 0 Å². The van der Waals surface area contributed by atoms with Gasteiger partial charge in [-0.2, -0.15) is 0 Å². The van der Waals surface area contributed by atoms with Crippen molar-refractivity contribution in [1.82, 2.24) is 10.3 Å². The van der Waals surface area contributed by atoms with E-state index in [4.69, 9.17) is 0 Å². The molecule has 0 saturated carbocycles. The van der Waals surface area contributed by atoms with Crippen LogP contribution >= 0.6 is 27.3 Å². The van der Waals surface area contributed by atoms with Gasteiger partial charge in [-0.1, -0.05) is 22.0 Å². The molecule has 4 rings (SSSR count). The van der Waals surface area contributed by atoms with Crippen LogP contribution in [-0.4, -0.2) is 24.0 Å². The largest absolute Gasteiger partial charge is 0.311 e. The summed E-state index contributed by atoms with van der Waals surface area (Å²) in [7, 11) is 0. The summed E-state index contributed by atoms with van der Waals surface area (Å²) in [6.45, 7) is 2.52. The van der Waals surface area contributed by atoms with Crippen molar-refractivity contribution in [2.24, 2.45) is 0 Å². The minimum Gasteiger partial charge on any atom is -0.311 e. The van der Waals surface area contributed by atoms with E-state index in [0.717, 1.165) is 48.3 Å². The molecule has 2 aromatic rings. The van der Waals surface area contributed by atoms with Gasteiger partial charge in [0.05, 0.1) is 5.69 Å². The highest BCUT2D eigenvalue weighted by molar-refractivity contribution is 9.10. The minimum atomic E-state index is 0.0336. The van der Waals surface area contributed by atoms with Crippen LogP contribution in [0.2, 0.25) is 0 Å². The third-order valence-electron chi connectivity index (χ3n) is 4.00. The van der Waals surface area contributed by atoms with Crippen molar-refractivity contribution in [3.63, 3.8) is 0 Å². The highest BCUT2D eigenvalue weighted by atomic mass is 79.9. The van der Waals surface area contributed by atoms with E-state index in [-0.39, 0.29) is 5.91 Å². The topological polar surface area (TPSA) is 45.2 Å². The van der Waals surface area contributed by atoms with Crippen LogP contribution in [0.25, 0.3) is 0 Å². The fourth-order valence-electron chi connectivity index (χ4n) is 2.94. The van der Waals surface area contributed by atoms with Gasteiger partial charge in [-0.25, -0.2) is 4.98 Å². The molecule has 1 amide bonds. The quantitative estimate of drug-likeness (QED) is 0.847. The van der Waals surface area contributed by atoms with Gasteiger partial charge in [0.15, 0.2) is 5.01 Å². The molecule has 2 aliphatic rings. The predicted octanol–water partition coefficient (Wildman–Crippen LogP) is 2.75. The fourth-order valence-corrected chi connectivity index (χ4v) is 4.52. The molecule has 0 bridgehead atoms. The summed E-state index contributed by atoms with van der Waals surface area (Å²) in [5.74, 6) is 0.0336. The van der Waals surface area contributed by atoms with E-state index >= 15 is 0 Å². The molecule has 0 saturated heterocycles. The molecular weight excluding hydrogens is 350 g/mol. The Kier molecular flexibility index (Phi) is 3.32. The molecule has 0 unspecified atom stereocenters. The number of halogens is 1. The maximum atomic E-state index is 12.8. The van der Waals surface area contributed by atoms with E-state index in [1.54, 1.807) is 0 Å². The zero-order valence-corrected chi connectivity index (χ0v) is 13.8. The number of nitrogens with one attached hydrogen (secondary N) is 1. The molecule has 0 atom stereocenters. The van der Waals surface area contributed by atoms with E-state index in [1.165, 1.54) is 21.8 Å². The van der Waals surface area contributed by atoms with Crippen molar-refractivity contribution in [3.8, 4) is 0 Å². The van der Waals surface area contributed by atoms with Crippen LogP contribution in [0.4, 0.5) is 5.69 Å². The van der Waals surface area contributed by atoms with Gasteiger partial charge in [0.25, 0.3) is 5.91 Å². The van der Waals surface area contributed by atoms with E-state index in [2.05, 4.69) is 26.2 Å². The molecule has 21 heavy (non-hydrogen) atoms. The molecule has 0 fully saturated rings. The Labute approximate surface area is 135 Å². The molecule has 0 radical (unpaired) electrons. The summed E-state index contributed by atoms with van der Waals surface area (Å²) in [6, 6.07) is 6.02. The van der Waals surface area contributed by atoms with Gasteiger partial charge in [-0.3, -0.25) is 4.79 Å². The Balaban J connectivity index is 1.68. The Morgan fingerprint density at radius 3 is 3.14 bits per heavy atom. The smallest absolute Gasteiger partial charge is 0.287 e. The van der Waals surface area contributed by atoms with Crippen molar-refractivity contribution in [2.45, 2.75) is 19.4 Å². The molecule has 3 heterocycles. The Morgan fingerprint density at radius 2 is 2.29 bits per heavy atom. The van der Waals surface area contributed by atoms with E-state index < -0.39 is 0 Å². The van der Waals surface area contributed by atoms with E-state index in [0.29, 0.717) is 5.01 Å². The number of carbonyl (C=O) groups is 1. The van der Waals surface area contributed by atoms with Crippen LogP contribution in [0, 0.1) is 0 Å². The normalized spacial score (nSPS) is 16.7. The summed E-state index contributed by atoms with van der Waals surface area (Å²) < 4.78 is 1.08. The van der Waals surface area contributed by atoms with Crippen LogP contribution in [0.3, 0.4) is 0 Å². The molecule has 108 valence electrons. The molecule has 1 aromatic heterocycles. The number of anilines is 1. The number of hydrogen-bond donors (Lipinski definition) is 1. The zero-order chi connectivity index (χ0) is 14.4. The van der Waals surface area contributed by atoms with Gasteiger partial charge in [-0.15, -0.1) is 11.3 Å². The summed E-state index contributed by atoms with van der Waals surface area (Å²) in [4.78, 5) is 20.4. The van der Waals surface area contributed by atoms with Gasteiger partial charge in [-0.05, 0) is 24.1 Å². The standard InChI is InChI=1S/C15H14BrN3OS/c16-10-2-1-3-12-9(10)5-7-19(12)15(20)14-18-11-4-6-17-8-13(11)21-14/h1-3,17H,4-8H2. The second-order valence-corrected chi connectivity index (χ2v) is 7.20. The van der Waals surface area contributed by atoms with Crippen molar-refractivity contribution < 1.29 is 4.79 Å². The first-order valence-electron chi connectivity index (χ1n) is 7.02. The lowest BCUT2D eigenvalue weighted by Crippen LogP contribution is -2.28. The average Bonchev–Trinajstić information content (AvgIpc) is 3.11. The van der Waals surface area contributed by atoms with Crippen molar-refractivity contribution in [3.05, 3.63) is 43.8 Å². The maximum Gasteiger partial charge on any atom is 0.287 e. The summed E-state index contributed by atoms with van der Waals surface area (Å²) in [6.07, 6.45) is 1.82. The SMILES string of the molecule is O=C(c1nc2c(s1)CNCC2)N1CCc2c(Br)cccc21. The fraction of sp³-hybridized carbons (Fsp3) is 0.333. The monoisotopic (exact) mass is 363 g/mol. The highest BCUT2D eigenvalue weighted by Gasteiger charge is 2.29. The Morgan fingerprint density at radius 1 is 1.38 bits per heavy atom. The number of aromatic nitrogens is 1. The summed E-state index contributed by atoms with van der Waals surface area (Å²) in [5, 5.41) is 3.95. The zero-order valence-electron chi connectivity index (χ0n) is 11.4. The third-order valence-corrected chi connectivity index (χ3v) is 5.83. The van der Waals surface area contributed by atoms with Crippen LogP contribution in [-0.2, 0) is 19.4 Å². The van der Waals surface area contributed by atoms with Gasteiger partial charge >= 0.3 is 0 Å². The van der Waals surface area contributed by atoms with Crippen molar-refractivity contribution >= 4 is 38.9 Å². The molecule has 1 N–H and O–H groups in total. The third kappa shape index (κ3) is 2.22. The average molecular weight is 364 g/mol. The van der Waals surface area contributed by atoms with Gasteiger partial charge in [0, 0.05) is 41.1 Å². The number of rotatable bonds is 1. The first kappa shape index (κ1) is 13.4. The molecule has 4 nitrogen and oxygen atoms in total. The Bertz CT molecular complexity index is 704. The van der Waals surface area contributed by atoms with Crippen LogP contribution in [0.15, 0.2) is 22.7 Å². The maximum absolute atomic E-state index is 12.8. The van der Waals surface area contributed by atoms with Crippen molar-refractivity contribution in [1.29, 1.82) is 0 Å². The number of amides is 1. The second-order valence-electron chi connectivity index (χ2n) is 5.26.